The zero-order chi connectivity index (χ0) is 31.0. The number of nitrogens with one attached hydrogen (secondary N) is 1. The van der Waals surface area contributed by atoms with Gasteiger partial charge in [-0.05, 0) is 93.6 Å². The maximum absolute atomic E-state index is 14.6. The number of likely N-dealkylation sites (tertiary alicyclic amines) is 1. The number of amides is 2. The first-order chi connectivity index (χ1) is 21.2. The van der Waals surface area contributed by atoms with Crippen LogP contribution in [0.3, 0.4) is 0 Å². The van der Waals surface area contributed by atoms with E-state index in [1.165, 1.54) is 18.4 Å². The van der Waals surface area contributed by atoms with Crippen LogP contribution in [0.1, 0.15) is 60.9 Å². The molecule has 2 amide bonds. The van der Waals surface area contributed by atoms with E-state index in [1.807, 2.05) is 49.2 Å². The molecule has 1 N–H and O–H groups in total. The van der Waals surface area contributed by atoms with E-state index in [9.17, 15) is 4.79 Å². The van der Waals surface area contributed by atoms with Gasteiger partial charge in [0.05, 0.1) is 30.7 Å². The molecule has 0 saturated carbocycles. The number of aryl methyl sites for hydroxylation is 2. The first-order valence-corrected chi connectivity index (χ1v) is 15.4. The summed E-state index contributed by atoms with van der Waals surface area (Å²) in [5.41, 5.74) is 6.71. The number of rotatable bonds is 7. The quantitative estimate of drug-likeness (QED) is 0.238. The maximum atomic E-state index is 14.6. The lowest BCUT2D eigenvalue weighted by Crippen LogP contribution is -2.50. The second-order valence-electron chi connectivity index (χ2n) is 12.3. The molecule has 9 nitrogen and oxygen atoms in total. The normalized spacial score (nSPS) is 17.6. The van der Waals surface area contributed by atoms with Gasteiger partial charge >= 0.3 is 6.03 Å². The molecule has 1 atom stereocenters. The average Bonchev–Trinajstić information content (AvgIpc) is 3.02. The van der Waals surface area contributed by atoms with E-state index in [1.54, 1.807) is 24.3 Å². The summed E-state index contributed by atoms with van der Waals surface area (Å²) in [6.45, 7) is 10.6. The first kappa shape index (κ1) is 29.6. The molecular formula is C35H41N7O2. The van der Waals surface area contributed by atoms with Crippen molar-refractivity contribution in [1.82, 2.24) is 19.9 Å². The molecule has 0 bridgehead atoms. The Morgan fingerprint density at radius 2 is 1.64 bits per heavy atom. The first-order valence-electron chi connectivity index (χ1n) is 15.4. The Kier molecular flexibility index (Phi) is 8.23. The number of nitrogens with zero attached hydrogens (tertiary/aromatic N) is 6. The Labute approximate surface area is 259 Å². The number of pyridine rings is 1. The van der Waals surface area contributed by atoms with E-state index in [4.69, 9.17) is 14.7 Å². The predicted molar refractivity (Wildman–Crippen MR) is 176 cm³/mol. The van der Waals surface area contributed by atoms with Crippen molar-refractivity contribution >= 4 is 34.9 Å². The van der Waals surface area contributed by atoms with Gasteiger partial charge in [0, 0.05) is 23.5 Å². The van der Waals surface area contributed by atoms with Crippen LogP contribution in [0, 0.1) is 19.8 Å². The number of methoxy groups -OCH3 is 1. The standard InChI is InChI=1S/C35H41N7O2/c1-22(2)31-29-21-37-34(38-27-12-10-25(11-13-27)26-16-18-40(5)19-17-26)39-33(29)41(28-14-15-30(44-6)36-20-28)35(43)42(31)32-23(3)8-7-9-24(32)4/h7-15,20-22,26,31H,16-19H2,1-6H3,(H,37,38,39). The number of anilines is 5. The monoisotopic (exact) mass is 591 g/mol. The van der Waals surface area contributed by atoms with Crippen LogP contribution in [-0.2, 0) is 0 Å². The summed E-state index contributed by atoms with van der Waals surface area (Å²) >= 11 is 0. The number of benzene rings is 2. The fraction of sp³-hybridized carbons (Fsp3) is 0.371. The molecule has 0 spiro atoms. The minimum atomic E-state index is -0.261. The smallest absolute Gasteiger partial charge is 0.335 e. The molecule has 4 heterocycles. The summed E-state index contributed by atoms with van der Waals surface area (Å²) < 4.78 is 5.30. The number of carbonyl (C=O) groups is 1. The van der Waals surface area contributed by atoms with E-state index in [0.29, 0.717) is 29.3 Å². The van der Waals surface area contributed by atoms with Crippen molar-refractivity contribution in [2.75, 3.05) is 42.4 Å². The number of para-hydroxylation sites is 1. The number of aromatic nitrogens is 3. The molecule has 0 radical (unpaired) electrons. The lowest BCUT2D eigenvalue weighted by atomic mass is 9.89. The Morgan fingerprint density at radius 1 is 0.932 bits per heavy atom. The van der Waals surface area contributed by atoms with Crippen molar-refractivity contribution in [3.63, 3.8) is 0 Å². The lowest BCUT2D eigenvalue weighted by molar-refractivity contribution is 0.247. The third-order valence-electron chi connectivity index (χ3n) is 8.86. The number of fused-ring (bicyclic) bond motifs is 1. The van der Waals surface area contributed by atoms with Gasteiger partial charge in [-0.25, -0.2) is 19.7 Å². The van der Waals surface area contributed by atoms with Crippen molar-refractivity contribution in [3.05, 3.63) is 89.2 Å². The van der Waals surface area contributed by atoms with Gasteiger partial charge in [0.2, 0.25) is 11.8 Å². The summed E-state index contributed by atoms with van der Waals surface area (Å²) in [6, 6.07) is 17.8. The molecule has 1 fully saturated rings. The van der Waals surface area contributed by atoms with Crippen LogP contribution in [0.2, 0.25) is 0 Å². The van der Waals surface area contributed by atoms with E-state index < -0.39 is 0 Å². The SMILES string of the molecule is COc1ccc(N2C(=O)N(c3c(C)cccc3C)C(C(C)C)c3cnc(Nc4ccc(C5CCN(C)CC5)cc4)nc32)cn1. The molecule has 4 aromatic rings. The summed E-state index contributed by atoms with van der Waals surface area (Å²) in [5, 5.41) is 3.38. The predicted octanol–water partition coefficient (Wildman–Crippen LogP) is 7.53. The second-order valence-corrected chi connectivity index (χ2v) is 12.3. The van der Waals surface area contributed by atoms with E-state index in [-0.39, 0.29) is 18.0 Å². The van der Waals surface area contributed by atoms with Gasteiger partial charge in [-0.3, -0.25) is 4.90 Å². The molecule has 228 valence electrons. The lowest BCUT2D eigenvalue weighted by Gasteiger charge is -2.44. The number of carbonyl (C=O) groups excluding carboxylic acids is 1. The molecule has 2 aliphatic rings. The molecule has 2 aliphatic heterocycles. The highest BCUT2D eigenvalue weighted by Crippen LogP contribution is 2.46. The molecule has 2 aromatic carbocycles. The van der Waals surface area contributed by atoms with Crippen molar-refractivity contribution in [3.8, 4) is 5.88 Å². The molecule has 44 heavy (non-hydrogen) atoms. The largest absolute Gasteiger partial charge is 0.481 e. The van der Waals surface area contributed by atoms with Gasteiger partial charge in [0.15, 0.2) is 5.82 Å². The van der Waals surface area contributed by atoms with Crippen LogP contribution in [-0.4, -0.2) is 53.1 Å². The molecule has 2 aromatic heterocycles. The third kappa shape index (κ3) is 5.59. The zero-order valence-corrected chi connectivity index (χ0v) is 26.4. The molecule has 1 saturated heterocycles. The number of ether oxygens (including phenoxy) is 1. The van der Waals surface area contributed by atoms with Crippen molar-refractivity contribution in [2.24, 2.45) is 5.92 Å². The number of hydrogen-bond acceptors (Lipinski definition) is 7. The Morgan fingerprint density at radius 3 is 2.25 bits per heavy atom. The van der Waals surface area contributed by atoms with Crippen molar-refractivity contribution in [2.45, 2.75) is 52.5 Å². The molecule has 9 heteroatoms. The summed E-state index contributed by atoms with van der Waals surface area (Å²) in [7, 11) is 3.76. The summed E-state index contributed by atoms with van der Waals surface area (Å²) in [6.07, 6.45) is 5.87. The Hall–Kier alpha value is -4.50. The van der Waals surface area contributed by atoms with Crippen LogP contribution in [0.25, 0.3) is 0 Å². The average molecular weight is 592 g/mol. The highest BCUT2D eigenvalue weighted by Gasteiger charge is 2.43. The molecule has 0 aliphatic carbocycles. The molecule has 1 unspecified atom stereocenters. The van der Waals surface area contributed by atoms with Crippen molar-refractivity contribution in [1.29, 1.82) is 0 Å². The number of urea groups is 1. The van der Waals surface area contributed by atoms with Crippen LogP contribution >= 0.6 is 0 Å². The Balaban J connectivity index is 1.40. The van der Waals surface area contributed by atoms with Crippen LogP contribution in [0.5, 0.6) is 5.88 Å². The van der Waals surface area contributed by atoms with Gasteiger partial charge in [0.1, 0.15) is 0 Å². The van der Waals surface area contributed by atoms with Gasteiger partial charge in [-0.1, -0.05) is 44.2 Å². The highest BCUT2D eigenvalue weighted by atomic mass is 16.5. The van der Waals surface area contributed by atoms with E-state index >= 15 is 0 Å². The highest BCUT2D eigenvalue weighted by molar-refractivity contribution is 6.11. The minimum Gasteiger partial charge on any atom is -0.481 e. The van der Waals surface area contributed by atoms with Gasteiger partial charge in [-0.2, -0.15) is 4.98 Å². The minimum absolute atomic E-state index is 0.0994. The maximum Gasteiger partial charge on any atom is 0.335 e. The number of hydrogen-bond donors (Lipinski definition) is 1. The molecule has 6 rings (SSSR count). The van der Waals surface area contributed by atoms with E-state index in [0.717, 1.165) is 41.2 Å². The second kappa shape index (κ2) is 12.2. The summed E-state index contributed by atoms with van der Waals surface area (Å²) in [5.74, 6) is 2.13. The van der Waals surface area contributed by atoms with Gasteiger partial charge < -0.3 is 15.0 Å². The van der Waals surface area contributed by atoms with E-state index in [2.05, 4.69) is 60.4 Å². The van der Waals surface area contributed by atoms with Crippen molar-refractivity contribution < 1.29 is 9.53 Å². The third-order valence-corrected chi connectivity index (χ3v) is 8.86. The number of piperidine rings is 1. The summed E-state index contributed by atoms with van der Waals surface area (Å²) in [4.78, 5) is 34.7. The fourth-order valence-electron chi connectivity index (χ4n) is 6.53. The van der Waals surface area contributed by atoms with Crippen LogP contribution < -0.4 is 19.9 Å². The fourth-order valence-corrected chi connectivity index (χ4v) is 6.53. The topological polar surface area (TPSA) is 86.7 Å². The molecular weight excluding hydrogens is 550 g/mol. The van der Waals surface area contributed by atoms with Crippen LogP contribution in [0.15, 0.2) is 67.0 Å². The van der Waals surface area contributed by atoms with Gasteiger partial charge in [-0.15, -0.1) is 0 Å². The van der Waals surface area contributed by atoms with Crippen LogP contribution in [0.4, 0.5) is 33.6 Å². The Bertz CT molecular complexity index is 1610. The zero-order valence-electron chi connectivity index (χ0n) is 26.4. The van der Waals surface area contributed by atoms with Gasteiger partial charge in [0.25, 0.3) is 0 Å².